The lowest BCUT2D eigenvalue weighted by molar-refractivity contribution is -0.137. The fraction of sp³-hybridized carbons (Fsp3) is 0.304. The maximum Gasteiger partial charge on any atom is 0.416 e. The average Bonchev–Trinajstić information content (AvgIpc) is 3.22. The van der Waals surface area contributed by atoms with Crippen LogP contribution in [0.1, 0.15) is 41.8 Å². The lowest BCUT2D eigenvalue weighted by Crippen LogP contribution is -2.34. The molecule has 3 N–H and O–H groups in total. The van der Waals surface area contributed by atoms with Crippen molar-refractivity contribution < 1.29 is 27.6 Å². The first-order valence-corrected chi connectivity index (χ1v) is 10.6. The van der Waals surface area contributed by atoms with Crippen LogP contribution in [0.25, 0.3) is 11.0 Å². The van der Waals surface area contributed by atoms with E-state index in [2.05, 4.69) is 10.3 Å². The van der Waals surface area contributed by atoms with Crippen molar-refractivity contribution in [3.63, 3.8) is 0 Å². The molecule has 1 saturated heterocycles. The molecule has 3 aromatic rings. The molecule has 1 aliphatic rings. The van der Waals surface area contributed by atoms with E-state index in [9.17, 15) is 27.6 Å². The first kappa shape index (κ1) is 23.3. The third-order valence-electron chi connectivity index (χ3n) is 5.53. The second kappa shape index (κ2) is 8.47. The van der Waals surface area contributed by atoms with Gasteiger partial charge in [0.05, 0.1) is 23.1 Å². The van der Waals surface area contributed by atoms with E-state index in [0.29, 0.717) is 17.5 Å². The molecule has 1 aliphatic heterocycles. The Morgan fingerprint density at radius 2 is 1.91 bits per heavy atom. The number of nitrogens with one attached hydrogen (secondary N) is 1. The molecule has 0 bridgehead atoms. The van der Waals surface area contributed by atoms with E-state index in [-0.39, 0.29) is 29.5 Å². The van der Waals surface area contributed by atoms with Crippen molar-refractivity contribution in [3.05, 3.63) is 59.2 Å². The third-order valence-corrected chi connectivity index (χ3v) is 5.53. The SMILES string of the molecule is CC(C)C[C@@H]1NC(=O)N(c2nc3cc(C(N)=O)ccc3n2Cc2cccc(C(F)(F)F)c2)C1=O. The van der Waals surface area contributed by atoms with E-state index >= 15 is 0 Å². The summed E-state index contributed by atoms with van der Waals surface area (Å²) in [5.41, 5.74) is 5.68. The minimum absolute atomic E-state index is 0.0530. The Morgan fingerprint density at radius 1 is 1.18 bits per heavy atom. The predicted molar refractivity (Wildman–Crippen MR) is 118 cm³/mol. The summed E-state index contributed by atoms with van der Waals surface area (Å²) in [5, 5.41) is 2.64. The number of nitrogens with zero attached hydrogens (tertiary/aromatic N) is 3. The number of anilines is 1. The molecular formula is C23H22F3N5O3. The monoisotopic (exact) mass is 473 g/mol. The van der Waals surface area contributed by atoms with Gasteiger partial charge in [-0.05, 0) is 48.2 Å². The van der Waals surface area contributed by atoms with Crippen LogP contribution in [0, 0.1) is 5.92 Å². The molecule has 1 aromatic heterocycles. The largest absolute Gasteiger partial charge is 0.416 e. The van der Waals surface area contributed by atoms with Crippen LogP contribution < -0.4 is 16.0 Å². The van der Waals surface area contributed by atoms with Crippen molar-refractivity contribution in [2.75, 3.05) is 4.90 Å². The van der Waals surface area contributed by atoms with Gasteiger partial charge in [0.15, 0.2) is 0 Å². The maximum absolute atomic E-state index is 13.2. The number of primary amides is 1. The van der Waals surface area contributed by atoms with Gasteiger partial charge in [0.25, 0.3) is 5.91 Å². The lowest BCUT2D eigenvalue weighted by atomic mass is 10.0. The number of carbonyl (C=O) groups excluding carboxylic acids is 3. The number of benzene rings is 2. The van der Waals surface area contributed by atoms with E-state index in [4.69, 9.17) is 5.73 Å². The molecule has 0 radical (unpaired) electrons. The Balaban J connectivity index is 1.83. The number of urea groups is 1. The summed E-state index contributed by atoms with van der Waals surface area (Å²) >= 11 is 0. The second-order valence-corrected chi connectivity index (χ2v) is 8.57. The van der Waals surface area contributed by atoms with Crippen LogP contribution >= 0.6 is 0 Å². The van der Waals surface area contributed by atoms with Gasteiger partial charge in [0, 0.05) is 5.56 Å². The van der Waals surface area contributed by atoms with Gasteiger partial charge in [-0.1, -0.05) is 26.0 Å². The Hall–Kier alpha value is -3.89. The molecule has 4 amide bonds. The van der Waals surface area contributed by atoms with Crippen molar-refractivity contribution >= 4 is 34.8 Å². The van der Waals surface area contributed by atoms with Crippen LogP contribution in [0.15, 0.2) is 42.5 Å². The smallest absolute Gasteiger partial charge is 0.366 e. The number of halogens is 3. The molecule has 0 spiro atoms. The second-order valence-electron chi connectivity index (χ2n) is 8.57. The van der Waals surface area contributed by atoms with Crippen LogP contribution in [0.3, 0.4) is 0 Å². The van der Waals surface area contributed by atoms with Crippen molar-refractivity contribution in [1.29, 1.82) is 0 Å². The zero-order valence-electron chi connectivity index (χ0n) is 18.4. The highest BCUT2D eigenvalue weighted by molar-refractivity contribution is 6.21. The number of fused-ring (bicyclic) bond motifs is 1. The van der Waals surface area contributed by atoms with Gasteiger partial charge >= 0.3 is 12.2 Å². The summed E-state index contributed by atoms with van der Waals surface area (Å²) in [6, 6.07) is 7.74. The number of rotatable bonds is 6. The number of amides is 4. The molecule has 1 fully saturated rings. The molecule has 4 rings (SSSR count). The first-order chi connectivity index (χ1) is 16.0. The minimum Gasteiger partial charge on any atom is -0.366 e. The molecule has 11 heteroatoms. The molecule has 0 saturated carbocycles. The number of hydrogen-bond donors (Lipinski definition) is 2. The highest BCUT2D eigenvalue weighted by atomic mass is 19.4. The highest BCUT2D eigenvalue weighted by Crippen LogP contribution is 2.32. The summed E-state index contributed by atoms with van der Waals surface area (Å²) in [4.78, 5) is 42.7. The molecule has 2 heterocycles. The third kappa shape index (κ3) is 4.33. The lowest BCUT2D eigenvalue weighted by Gasteiger charge is -2.16. The zero-order chi connectivity index (χ0) is 24.8. The number of hydrogen-bond acceptors (Lipinski definition) is 4. The number of imidazole rings is 1. The fourth-order valence-electron chi connectivity index (χ4n) is 3.98. The normalized spacial score (nSPS) is 16.5. The number of nitrogens with two attached hydrogens (primary N) is 1. The van der Waals surface area contributed by atoms with Gasteiger partial charge in [0.1, 0.15) is 6.04 Å². The van der Waals surface area contributed by atoms with Crippen LogP contribution in [0.5, 0.6) is 0 Å². The average molecular weight is 473 g/mol. The van der Waals surface area contributed by atoms with Crippen LogP contribution in [-0.4, -0.2) is 33.4 Å². The number of aromatic nitrogens is 2. The van der Waals surface area contributed by atoms with Gasteiger partial charge in [-0.2, -0.15) is 18.1 Å². The molecule has 0 aliphatic carbocycles. The van der Waals surface area contributed by atoms with E-state index in [1.165, 1.54) is 34.9 Å². The van der Waals surface area contributed by atoms with Gasteiger partial charge in [-0.15, -0.1) is 0 Å². The van der Waals surface area contributed by atoms with E-state index in [1.54, 1.807) is 0 Å². The number of imide groups is 1. The fourth-order valence-corrected chi connectivity index (χ4v) is 3.98. The summed E-state index contributed by atoms with van der Waals surface area (Å²) in [7, 11) is 0. The van der Waals surface area contributed by atoms with Crippen LogP contribution in [0.4, 0.5) is 23.9 Å². The molecule has 2 aromatic carbocycles. The minimum atomic E-state index is -4.53. The molecule has 178 valence electrons. The van der Waals surface area contributed by atoms with Crippen LogP contribution in [-0.2, 0) is 17.5 Å². The quantitative estimate of drug-likeness (QED) is 0.532. The van der Waals surface area contributed by atoms with Gasteiger partial charge < -0.3 is 15.6 Å². The highest BCUT2D eigenvalue weighted by Gasteiger charge is 2.42. The molecule has 34 heavy (non-hydrogen) atoms. The molecule has 1 atom stereocenters. The van der Waals surface area contributed by atoms with Crippen molar-refractivity contribution in [3.8, 4) is 0 Å². The summed E-state index contributed by atoms with van der Waals surface area (Å²) in [5.74, 6) is -1.11. The number of alkyl halides is 3. The van der Waals surface area contributed by atoms with Crippen LogP contribution in [0.2, 0.25) is 0 Å². The summed E-state index contributed by atoms with van der Waals surface area (Å²) in [6.07, 6.45) is -4.11. The maximum atomic E-state index is 13.2. The van der Waals surface area contributed by atoms with Gasteiger partial charge in [-0.3, -0.25) is 9.59 Å². The molecular weight excluding hydrogens is 451 g/mol. The van der Waals surface area contributed by atoms with E-state index in [1.807, 2.05) is 13.8 Å². The Kier molecular flexibility index (Phi) is 5.80. The Labute approximate surface area is 192 Å². The standard InChI is InChI=1S/C23H22F3N5O3/c1-12(2)8-17-20(33)31(22(34)29-17)21-28-16-10-14(19(27)32)6-7-18(16)30(21)11-13-4-3-5-15(9-13)23(24,25)26/h3-7,9-10,12,17H,8,11H2,1-2H3,(H2,27,32)(H,29,34)/t17-/m0/s1. The van der Waals surface area contributed by atoms with Gasteiger partial charge in [0.2, 0.25) is 11.9 Å². The van der Waals surface area contributed by atoms with E-state index in [0.717, 1.165) is 17.0 Å². The van der Waals surface area contributed by atoms with Gasteiger partial charge in [-0.25, -0.2) is 9.78 Å². The number of carbonyl (C=O) groups is 3. The van der Waals surface area contributed by atoms with Crippen molar-refractivity contribution in [2.24, 2.45) is 11.7 Å². The molecule has 0 unspecified atom stereocenters. The molecule has 8 nitrogen and oxygen atoms in total. The van der Waals surface area contributed by atoms with Crippen molar-refractivity contribution in [2.45, 2.75) is 39.0 Å². The van der Waals surface area contributed by atoms with E-state index < -0.39 is 35.6 Å². The summed E-state index contributed by atoms with van der Waals surface area (Å²) < 4.78 is 41.2. The predicted octanol–water partition coefficient (Wildman–Crippen LogP) is 3.67. The topological polar surface area (TPSA) is 110 Å². The Bertz CT molecular complexity index is 1300. The summed E-state index contributed by atoms with van der Waals surface area (Å²) in [6.45, 7) is 3.73. The Morgan fingerprint density at radius 3 is 2.56 bits per heavy atom. The zero-order valence-corrected chi connectivity index (χ0v) is 18.4. The first-order valence-electron chi connectivity index (χ1n) is 10.6. The van der Waals surface area contributed by atoms with Crippen molar-refractivity contribution in [1.82, 2.24) is 14.9 Å².